The van der Waals surface area contributed by atoms with Crippen molar-refractivity contribution >= 4 is 38.5 Å². The minimum Gasteiger partial charge on any atom is -0.493 e. The Morgan fingerprint density at radius 1 is 1.14 bits per heavy atom. The van der Waals surface area contributed by atoms with Gasteiger partial charge >= 0.3 is 0 Å². The molecule has 0 saturated heterocycles. The van der Waals surface area contributed by atoms with E-state index >= 15 is 0 Å². The van der Waals surface area contributed by atoms with Crippen LogP contribution in [0.1, 0.15) is 4.88 Å². The SMILES string of the molecule is Cn1c(O)c(C2=c3ccccc3=NC2=O)sc1=Nc1ccc(S(N)(=O)=O)cc1. The lowest BCUT2D eigenvalue weighted by atomic mass is 10.1. The number of para-hydroxylation sites is 1. The van der Waals surface area contributed by atoms with Gasteiger partial charge in [0.05, 0.1) is 21.5 Å². The second kappa shape index (κ2) is 6.51. The van der Waals surface area contributed by atoms with Crippen molar-refractivity contribution in [3.63, 3.8) is 0 Å². The van der Waals surface area contributed by atoms with Crippen LogP contribution in [0.2, 0.25) is 0 Å². The molecule has 8 nitrogen and oxygen atoms in total. The maximum absolute atomic E-state index is 12.4. The van der Waals surface area contributed by atoms with Crippen LogP contribution in [0.15, 0.2) is 63.4 Å². The van der Waals surface area contributed by atoms with Gasteiger partial charge in [-0.3, -0.25) is 9.36 Å². The Bertz CT molecular complexity index is 1420. The van der Waals surface area contributed by atoms with Crippen LogP contribution in [-0.4, -0.2) is 24.0 Å². The number of carbonyl (C=O) groups excluding carboxylic acids is 1. The van der Waals surface area contributed by atoms with Gasteiger partial charge in [-0.15, -0.1) is 0 Å². The molecule has 142 valence electrons. The highest BCUT2D eigenvalue weighted by atomic mass is 32.2. The molecule has 10 heteroatoms. The van der Waals surface area contributed by atoms with E-state index in [0.717, 1.165) is 11.3 Å². The molecule has 3 N–H and O–H groups in total. The number of benzene rings is 2. The number of amides is 1. The number of rotatable bonds is 3. The zero-order valence-electron chi connectivity index (χ0n) is 14.5. The summed E-state index contributed by atoms with van der Waals surface area (Å²) in [5.41, 5.74) is 0.809. The largest absolute Gasteiger partial charge is 0.493 e. The van der Waals surface area contributed by atoms with Gasteiger partial charge < -0.3 is 5.11 Å². The molecule has 0 atom stereocenters. The maximum atomic E-state index is 12.4. The summed E-state index contributed by atoms with van der Waals surface area (Å²) >= 11 is 1.14. The second-order valence-electron chi connectivity index (χ2n) is 6.06. The summed E-state index contributed by atoms with van der Waals surface area (Å²) in [5, 5.41) is 16.9. The van der Waals surface area contributed by atoms with E-state index < -0.39 is 15.9 Å². The Morgan fingerprint density at radius 2 is 1.82 bits per heavy atom. The molecule has 1 aliphatic heterocycles. The summed E-state index contributed by atoms with van der Waals surface area (Å²) < 4.78 is 24.2. The lowest BCUT2D eigenvalue weighted by Crippen LogP contribution is -2.22. The molecule has 1 aromatic heterocycles. The van der Waals surface area contributed by atoms with Crippen LogP contribution >= 0.6 is 11.3 Å². The topological polar surface area (TPSA) is 127 Å². The summed E-state index contributed by atoms with van der Waals surface area (Å²) in [6.45, 7) is 0. The molecule has 28 heavy (non-hydrogen) atoms. The van der Waals surface area contributed by atoms with Crippen LogP contribution in [0.3, 0.4) is 0 Å². The van der Waals surface area contributed by atoms with E-state index in [0.29, 0.717) is 31.5 Å². The summed E-state index contributed by atoms with van der Waals surface area (Å²) in [6, 6.07) is 12.8. The van der Waals surface area contributed by atoms with Crippen molar-refractivity contribution in [1.29, 1.82) is 0 Å². The number of aromatic hydroxyl groups is 1. The molecule has 0 radical (unpaired) electrons. The van der Waals surface area contributed by atoms with Crippen LogP contribution in [0.25, 0.3) is 5.57 Å². The van der Waals surface area contributed by atoms with Gasteiger partial charge in [0.1, 0.15) is 4.88 Å². The third-order valence-electron chi connectivity index (χ3n) is 4.23. The Kier molecular flexibility index (Phi) is 4.26. The highest BCUT2D eigenvalue weighted by Crippen LogP contribution is 2.28. The summed E-state index contributed by atoms with van der Waals surface area (Å²) in [7, 11) is -2.16. The Labute approximate surface area is 163 Å². The molecule has 0 spiro atoms. The number of hydrogen-bond acceptors (Lipinski definition) is 6. The van der Waals surface area contributed by atoms with E-state index in [1.807, 2.05) is 0 Å². The molecule has 0 saturated carbocycles. The van der Waals surface area contributed by atoms with Crippen molar-refractivity contribution in [3.05, 3.63) is 68.8 Å². The first-order valence-corrected chi connectivity index (χ1v) is 10.4. The normalized spacial score (nSPS) is 14.3. The van der Waals surface area contributed by atoms with E-state index in [4.69, 9.17) is 5.14 Å². The van der Waals surface area contributed by atoms with Crippen LogP contribution < -0.4 is 20.5 Å². The standard InChI is InChI=1S/C18H14N4O4S2/c1-22-17(24)15(14-12-4-2-3-5-13(12)21-16(14)23)27-18(22)20-10-6-8-11(9-7-10)28(19,25)26/h2-9,24H,1H3,(H2,19,25,26). The molecule has 2 heterocycles. The third kappa shape index (κ3) is 3.07. The zero-order chi connectivity index (χ0) is 20.1. The van der Waals surface area contributed by atoms with E-state index in [9.17, 15) is 18.3 Å². The van der Waals surface area contributed by atoms with Crippen molar-refractivity contribution < 1.29 is 18.3 Å². The summed E-state index contributed by atoms with van der Waals surface area (Å²) in [6.07, 6.45) is 0. The Morgan fingerprint density at radius 3 is 2.50 bits per heavy atom. The van der Waals surface area contributed by atoms with Crippen molar-refractivity contribution in [3.8, 4) is 5.88 Å². The predicted molar refractivity (Wildman–Crippen MR) is 103 cm³/mol. The van der Waals surface area contributed by atoms with E-state index in [2.05, 4.69) is 9.98 Å². The van der Waals surface area contributed by atoms with Crippen LogP contribution in [0, 0.1) is 0 Å². The molecule has 0 aliphatic carbocycles. The monoisotopic (exact) mass is 414 g/mol. The number of aromatic nitrogens is 1. The predicted octanol–water partition coefficient (Wildman–Crippen LogP) is 0.0308. The van der Waals surface area contributed by atoms with Gasteiger partial charge in [-0.05, 0) is 30.3 Å². The second-order valence-corrected chi connectivity index (χ2v) is 8.60. The highest BCUT2D eigenvalue weighted by molar-refractivity contribution is 7.89. The number of primary sulfonamides is 1. The van der Waals surface area contributed by atoms with Gasteiger partial charge in [0.15, 0.2) is 4.80 Å². The lowest BCUT2D eigenvalue weighted by Gasteiger charge is -1.99. The molecule has 1 amide bonds. The number of sulfonamides is 1. The fraction of sp³-hybridized carbons (Fsp3) is 0.0556. The zero-order valence-corrected chi connectivity index (χ0v) is 16.2. The molecule has 0 fully saturated rings. The first kappa shape index (κ1) is 18.3. The van der Waals surface area contributed by atoms with E-state index in [-0.39, 0.29) is 10.8 Å². The average Bonchev–Trinajstić information content (AvgIpc) is 3.12. The Balaban J connectivity index is 1.86. The van der Waals surface area contributed by atoms with Gasteiger partial charge in [0.2, 0.25) is 15.9 Å². The van der Waals surface area contributed by atoms with Gasteiger partial charge in [-0.2, -0.15) is 0 Å². The van der Waals surface area contributed by atoms with Crippen molar-refractivity contribution in [2.45, 2.75) is 4.90 Å². The molecule has 0 unspecified atom stereocenters. The molecular weight excluding hydrogens is 400 g/mol. The fourth-order valence-electron chi connectivity index (χ4n) is 2.81. The first-order valence-electron chi connectivity index (χ1n) is 8.05. The number of thiazole rings is 1. The minimum atomic E-state index is -3.78. The van der Waals surface area contributed by atoms with Crippen LogP contribution in [-0.2, 0) is 21.9 Å². The molecule has 1 aliphatic rings. The molecule has 0 bridgehead atoms. The summed E-state index contributed by atoms with van der Waals surface area (Å²) in [5.74, 6) is -0.512. The number of carbonyl (C=O) groups is 1. The van der Waals surface area contributed by atoms with Gasteiger partial charge in [0, 0.05) is 12.3 Å². The van der Waals surface area contributed by atoms with Crippen molar-refractivity contribution in [1.82, 2.24) is 4.57 Å². The third-order valence-corrected chi connectivity index (χ3v) is 6.30. The smallest absolute Gasteiger partial charge is 0.279 e. The molecule has 3 aromatic rings. The Hall–Kier alpha value is -3.08. The van der Waals surface area contributed by atoms with E-state index in [1.54, 1.807) is 31.3 Å². The van der Waals surface area contributed by atoms with Gasteiger partial charge in [0.25, 0.3) is 5.91 Å². The highest BCUT2D eigenvalue weighted by Gasteiger charge is 2.24. The quantitative estimate of drug-likeness (QED) is 0.627. The van der Waals surface area contributed by atoms with Gasteiger partial charge in [-0.25, -0.2) is 23.5 Å². The average molecular weight is 414 g/mol. The number of hydrogen-bond donors (Lipinski definition) is 2. The lowest BCUT2D eigenvalue weighted by molar-refractivity contribution is -0.112. The van der Waals surface area contributed by atoms with Crippen LogP contribution in [0.4, 0.5) is 5.69 Å². The van der Waals surface area contributed by atoms with E-state index in [1.165, 1.54) is 28.8 Å². The minimum absolute atomic E-state index is 0.0177. The van der Waals surface area contributed by atoms with Crippen LogP contribution in [0.5, 0.6) is 5.88 Å². The summed E-state index contributed by atoms with van der Waals surface area (Å²) in [4.78, 5) is 21.6. The maximum Gasteiger partial charge on any atom is 0.279 e. The number of nitrogens with zero attached hydrogens (tertiary/aromatic N) is 3. The van der Waals surface area contributed by atoms with Gasteiger partial charge in [-0.1, -0.05) is 29.5 Å². The number of fused-ring (bicyclic) bond motifs is 1. The molecule has 4 rings (SSSR count). The molecular formula is C18H14N4O4S2. The van der Waals surface area contributed by atoms with Crippen molar-refractivity contribution in [2.24, 2.45) is 22.2 Å². The number of nitrogens with two attached hydrogens (primary N) is 1. The molecule has 2 aromatic carbocycles. The fourth-order valence-corrected chi connectivity index (χ4v) is 4.41. The van der Waals surface area contributed by atoms with Crippen molar-refractivity contribution in [2.75, 3.05) is 0 Å². The first-order chi connectivity index (χ1) is 13.3.